The number of carbonyl (C=O) groups excluding carboxylic acids is 1. The Balaban J connectivity index is 2.70. The molecule has 2 aromatic rings. The van der Waals surface area contributed by atoms with E-state index in [1.54, 1.807) is 24.3 Å². The van der Waals surface area contributed by atoms with E-state index in [4.69, 9.17) is 34.8 Å². The molecule has 0 N–H and O–H groups in total. The predicted octanol–water partition coefficient (Wildman–Crippen LogP) is 4.13. The molecular weight excluding hydrogens is 333 g/mol. The van der Waals surface area contributed by atoms with Crippen molar-refractivity contribution in [3.8, 4) is 5.69 Å². The van der Waals surface area contributed by atoms with Crippen molar-refractivity contribution in [3.63, 3.8) is 0 Å². The molecule has 0 fully saturated rings. The Morgan fingerprint density at radius 3 is 2.52 bits per heavy atom. The summed E-state index contributed by atoms with van der Waals surface area (Å²) in [5.41, 5.74) is 0.850. The molecule has 0 aliphatic carbocycles. The van der Waals surface area contributed by atoms with Gasteiger partial charge in [-0.25, -0.2) is 0 Å². The lowest BCUT2D eigenvalue weighted by atomic mass is 10.1. The molecule has 0 aliphatic rings. The first-order valence-electron chi connectivity index (χ1n) is 6.30. The standard InChI is InChI=1S/C15H12Cl3NO2/c16-7-3-4-11-14(18)10(9-20)8-19(15(11)21)13-6-2-1-5-12(13)17/h1-2,5-6,8-9H,3-4,7H2. The van der Waals surface area contributed by atoms with Crippen molar-refractivity contribution in [1.82, 2.24) is 4.57 Å². The van der Waals surface area contributed by atoms with Gasteiger partial charge in [-0.1, -0.05) is 35.3 Å². The number of nitrogens with zero attached hydrogens (tertiary/aromatic N) is 1. The quantitative estimate of drug-likeness (QED) is 0.604. The van der Waals surface area contributed by atoms with Crippen LogP contribution in [0.4, 0.5) is 0 Å². The Hall–Kier alpha value is -1.29. The molecule has 0 aliphatic heterocycles. The zero-order valence-corrected chi connectivity index (χ0v) is 13.3. The number of aromatic nitrogens is 1. The summed E-state index contributed by atoms with van der Waals surface area (Å²) in [5.74, 6) is 0.410. The van der Waals surface area contributed by atoms with E-state index in [9.17, 15) is 9.59 Å². The third-order valence-corrected chi connectivity index (χ3v) is 4.10. The van der Waals surface area contributed by atoms with Crippen molar-refractivity contribution in [2.75, 3.05) is 5.88 Å². The summed E-state index contributed by atoms with van der Waals surface area (Å²) in [5, 5.41) is 0.602. The van der Waals surface area contributed by atoms with E-state index in [2.05, 4.69) is 0 Å². The molecule has 0 unspecified atom stereocenters. The monoisotopic (exact) mass is 343 g/mol. The molecular formula is C15H12Cl3NO2. The van der Waals surface area contributed by atoms with Crippen molar-refractivity contribution < 1.29 is 4.79 Å². The largest absolute Gasteiger partial charge is 0.298 e. The fourth-order valence-corrected chi connectivity index (χ4v) is 2.67. The molecule has 0 spiro atoms. The second-order valence-electron chi connectivity index (χ2n) is 4.41. The van der Waals surface area contributed by atoms with Gasteiger partial charge in [-0.3, -0.25) is 14.2 Å². The van der Waals surface area contributed by atoms with Crippen LogP contribution in [0.15, 0.2) is 35.3 Å². The van der Waals surface area contributed by atoms with Gasteiger partial charge in [0, 0.05) is 17.6 Å². The Kier molecular flexibility index (Phi) is 5.45. The van der Waals surface area contributed by atoms with Gasteiger partial charge >= 0.3 is 0 Å². The lowest BCUT2D eigenvalue weighted by Gasteiger charge is -2.13. The molecule has 1 aromatic carbocycles. The smallest absolute Gasteiger partial charge is 0.259 e. The Morgan fingerprint density at radius 1 is 1.19 bits per heavy atom. The first-order valence-corrected chi connectivity index (χ1v) is 7.59. The van der Waals surface area contributed by atoms with E-state index >= 15 is 0 Å². The van der Waals surface area contributed by atoms with Crippen LogP contribution in [0.1, 0.15) is 22.3 Å². The highest BCUT2D eigenvalue weighted by Crippen LogP contribution is 2.23. The number of pyridine rings is 1. The average molecular weight is 345 g/mol. The lowest BCUT2D eigenvalue weighted by Crippen LogP contribution is -2.24. The molecule has 0 saturated heterocycles. The maximum Gasteiger partial charge on any atom is 0.259 e. The number of alkyl halides is 1. The molecule has 1 aromatic heterocycles. The minimum absolute atomic E-state index is 0.184. The normalized spacial score (nSPS) is 10.6. The fourth-order valence-electron chi connectivity index (χ4n) is 2.04. The minimum atomic E-state index is -0.288. The minimum Gasteiger partial charge on any atom is -0.298 e. The fraction of sp³-hybridized carbons (Fsp3) is 0.200. The summed E-state index contributed by atoms with van der Waals surface area (Å²) in [7, 11) is 0. The highest BCUT2D eigenvalue weighted by Gasteiger charge is 2.15. The predicted molar refractivity (Wildman–Crippen MR) is 86.5 cm³/mol. The summed E-state index contributed by atoms with van der Waals surface area (Å²) in [6.45, 7) is 0. The molecule has 6 heteroatoms. The Bertz CT molecular complexity index is 725. The SMILES string of the molecule is O=Cc1cn(-c2ccccc2Cl)c(=O)c(CCCCl)c1Cl. The summed E-state index contributed by atoms with van der Waals surface area (Å²) in [4.78, 5) is 23.8. The molecule has 0 saturated carbocycles. The Morgan fingerprint density at radius 2 is 1.90 bits per heavy atom. The van der Waals surface area contributed by atoms with Crippen LogP contribution in [-0.4, -0.2) is 16.7 Å². The second kappa shape index (κ2) is 7.12. The van der Waals surface area contributed by atoms with Gasteiger partial charge in [0.1, 0.15) is 0 Å². The van der Waals surface area contributed by atoms with Gasteiger partial charge in [-0.2, -0.15) is 0 Å². The van der Waals surface area contributed by atoms with Gasteiger partial charge < -0.3 is 0 Å². The van der Waals surface area contributed by atoms with Crippen LogP contribution in [0.5, 0.6) is 0 Å². The zero-order chi connectivity index (χ0) is 15.4. The van der Waals surface area contributed by atoms with Crippen LogP contribution in [-0.2, 0) is 6.42 Å². The number of para-hydroxylation sites is 1. The number of benzene rings is 1. The molecule has 110 valence electrons. The summed E-state index contributed by atoms with van der Waals surface area (Å²) >= 11 is 17.9. The number of rotatable bonds is 5. The number of hydrogen-bond acceptors (Lipinski definition) is 2. The van der Waals surface area contributed by atoms with Crippen molar-refractivity contribution in [1.29, 1.82) is 0 Å². The van der Waals surface area contributed by atoms with Crippen molar-refractivity contribution in [2.45, 2.75) is 12.8 Å². The molecule has 3 nitrogen and oxygen atoms in total. The van der Waals surface area contributed by atoms with Gasteiger partial charge in [-0.15, -0.1) is 11.6 Å². The molecule has 21 heavy (non-hydrogen) atoms. The molecule has 0 bridgehead atoms. The Labute approximate surface area is 137 Å². The van der Waals surface area contributed by atoms with E-state index in [0.29, 0.717) is 41.3 Å². The molecule has 0 radical (unpaired) electrons. The van der Waals surface area contributed by atoms with Crippen molar-refractivity contribution in [2.24, 2.45) is 0 Å². The average Bonchev–Trinajstić information content (AvgIpc) is 2.48. The highest BCUT2D eigenvalue weighted by atomic mass is 35.5. The molecule has 1 heterocycles. The lowest BCUT2D eigenvalue weighted by molar-refractivity contribution is 0.112. The van der Waals surface area contributed by atoms with Crippen LogP contribution in [0.2, 0.25) is 10.0 Å². The van der Waals surface area contributed by atoms with E-state index < -0.39 is 0 Å². The third-order valence-electron chi connectivity index (χ3n) is 3.06. The summed E-state index contributed by atoms with van der Waals surface area (Å²) in [6, 6.07) is 6.91. The van der Waals surface area contributed by atoms with E-state index in [0.717, 1.165) is 0 Å². The van der Waals surface area contributed by atoms with Crippen LogP contribution < -0.4 is 5.56 Å². The topological polar surface area (TPSA) is 39.1 Å². The first kappa shape index (κ1) is 16.1. The van der Waals surface area contributed by atoms with Gasteiger partial charge in [0.2, 0.25) is 0 Å². The van der Waals surface area contributed by atoms with Gasteiger partial charge in [0.15, 0.2) is 6.29 Å². The van der Waals surface area contributed by atoms with Crippen LogP contribution in [0.3, 0.4) is 0 Å². The number of carbonyl (C=O) groups is 1. The van der Waals surface area contributed by atoms with Crippen LogP contribution >= 0.6 is 34.8 Å². The van der Waals surface area contributed by atoms with E-state index in [1.165, 1.54) is 10.8 Å². The van der Waals surface area contributed by atoms with Crippen molar-refractivity contribution in [3.05, 3.63) is 62.0 Å². The van der Waals surface area contributed by atoms with Crippen LogP contribution in [0, 0.1) is 0 Å². The number of aldehydes is 1. The number of hydrogen-bond donors (Lipinski definition) is 0. The molecule has 0 atom stereocenters. The van der Waals surface area contributed by atoms with E-state index in [1.807, 2.05) is 0 Å². The van der Waals surface area contributed by atoms with Gasteiger partial charge in [0.05, 0.1) is 21.3 Å². The molecule has 2 rings (SSSR count). The van der Waals surface area contributed by atoms with Crippen LogP contribution in [0.25, 0.3) is 5.69 Å². The molecule has 0 amide bonds. The summed E-state index contributed by atoms with van der Waals surface area (Å²) in [6.07, 6.45) is 3.04. The zero-order valence-electron chi connectivity index (χ0n) is 11.0. The highest BCUT2D eigenvalue weighted by molar-refractivity contribution is 6.34. The first-order chi connectivity index (χ1) is 10.1. The third kappa shape index (κ3) is 3.31. The summed E-state index contributed by atoms with van der Waals surface area (Å²) < 4.78 is 1.35. The number of halogens is 3. The van der Waals surface area contributed by atoms with E-state index in [-0.39, 0.29) is 16.1 Å². The van der Waals surface area contributed by atoms with Gasteiger partial charge in [0.25, 0.3) is 5.56 Å². The maximum atomic E-state index is 12.6. The van der Waals surface area contributed by atoms with Gasteiger partial charge in [-0.05, 0) is 25.0 Å². The van der Waals surface area contributed by atoms with Crippen molar-refractivity contribution >= 4 is 41.1 Å². The maximum absolute atomic E-state index is 12.6. The second-order valence-corrected chi connectivity index (χ2v) is 5.58.